The maximum atomic E-state index is 13.2. The van der Waals surface area contributed by atoms with E-state index in [0.29, 0.717) is 5.56 Å². The summed E-state index contributed by atoms with van der Waals surface area (Å²) in [4.78, 5) is 13.9. The number of carbonyl (C=O) groups excluding carboxylic acids is 1. The topological polar surface area (TPSA) is 20.3 Å². The number of hydrogen-bond donors (Lipinski definition) is 0. The molecule has 0 bridgehead atoms. The highest BCUT2D eigenvalue weighted by Crippen LogP contribution is 2.49. The van der Waals surface area contributed by atoms with Crippen LogP contribution in [0.4, 0.5) is 4.39 Å². The molecule has 0 saturated heterocycles. The molecule has 3 rings (SSSR count). The van der Waals surface area contributed by atoms with Gasteiger partial charge in [-0.1, -0.05) is 18.9 Å². The van der Waals surface area contributed by atoms with Crippen molar-refractivity contribution in [3.05, 3.63) is 35.1 Å². The van der Waals surface area contributed by atoms with Gasteiger partial charge in [-0.3, -0.25) is 4.79 Å². The molecular weight excluding hydrogens is 205 g/mol. The normalized spacial score (nSPS) is 21.9. The quantitative estimate of drug-likeness (QED) is 0.657. The average molecular weight is 219 g/mol. The van der Waals surface area contributed by atoms with E-state index >= 15 is 0 Å². The van der Waals surface area contributed by atoms with Crippen LogP contribution in [0.5, 0.6) is 0 Å². The second kappa shape index (κ2) is 3.06. The first-order valence-corrected chi connectivity index (χ1v) is 5.73. The number of halogens is 1. The molecule has 1 spiro atoms. The SMILES string of the molecule is CN1C(=O)c2cc(F)ccc2C12CCCC2. The van der Waals surface area contributed by atoms with E-state index in [9.17, 15) is 9.18 Å². The van der Waals surface area contributed by atoms with Crippen LogP contribution in [0, 0.1) is 5.82 Å². The minimum atomic E-state index is -0.324. The molecule has 1 aromatic rings. The van der Waals surface area contributed by atoms with Gasteiger partial charge in [-0.25, -0.2) is 4.39 Å². The van der Waals surface area contributed by atoms with Crippen LogP contribution in [0.25, 0.3) is 0 Å². The average Bonchev–Trinajstić information content (AvgIpc) is 2.83. The van der Waals surface area contributed by atoms with Gasteiger partial charge in [0.25, 0.3) is 5.91 Å². The van der Waals surface area contributed by atoms with E-state index in [1.807, 2.05) is 11.9 Å². The lowest BCUT2D eigenvalue weighted by Gasteiger charge is -2.32. The zero-order chi connectivity index (χ0) is 11.3. The molecule has 0 atom stereocenters. The van der Waals surface area contributed by atoms with Gasteiger partial charge in [0, 0.05) is 12.6 Å². The van der Waals surface area contributed by atoms with Crippen molar-refractivity contribution in [2.45, 2.75) is 31.2 Å². The molecule has 1 aliphatic heterocycles. The summed E-state index contributed by atoms with van der Waals surface area (Å²) in [5.74, 6) is -0.355. The number of rotatable bonds is 0. The van der Waals surface area contributed by atoms with Gasteiger partial charge in [0.1, 0.15) is 5.82 Å². The molecule has 2 nitrogen and oxygen atoms in total. The molecule has 2 aliphatic rings. The molecule has 0 aromatic heterocycles. The molecule has 16 heavy (non-hydrogen) atoms. The Morgan fingerprint density at radius 2 is 2.00 bits per heavy atom. The third kappa shape index (κ3) is 1.03. The van der Waals surface area contributed by atoms with Gasteiger partial charge in [0.2, 0.25) is 0 Å². The standard InChI is InChI=1S/C13H14FNO/c1-15-12(16)10-8-9(14)4-5-11(10)13(15)6-2-3-7-13/h4-5,8H,2-3,6-7H2,1H3. The van der Waals surface area contributed by atoms with E-state index in [4.69, 9.17) is 0 Å². The maximum Gasteiger partial charge on any atom is 0.254 e. The summed E-state index contributed by atoms with van der Waals surface area (Å²) in [7, 11) is 1.84. The lowest BCUT2D eigenvalue weighted by molar-refractivity contribution is 0.0642. The van der Waals surface area contributed by atoms with Crippen LogP contribution in [-0.2, 0) is 5.54 Å². The number of nitrogens with zero attached hydrogens (tertiary/aromatic N) is 1. The molecule has 1 aliphatic carbocycles. The van der Waals surface area contributed by atoms with Crippen LogP contribution in [0.15, 0.2) is 18.2 Å². The first-order chi connectivity index (χ1) is 7.65. The first-order valence-electron chi connectivity index (χ1n) is 5.73. The second-order valence-corrected chi connectivity index (χ2v) is 4.79. The van der Waals surface area contributed by atoms with Crippen molar-refractivity contribution >= 4 is 5.91 Å². The minimum absolute atomic E-state index is 0.0311. The van der Waals surface area contributed by atoms with Crippen molar-refractivity contribution in [3.8, 4) is 0 Å². The Morgan fingerprint density at radius 1 is 1.31 bits per heavy atom. The summed E-state index contributed by atoms with van der Waals surface area (Å²) < 4.78 is 13.2. The van der Waals surface area contributed by atoms with Gasteiger partial charge < -0.3 is 4.90 Å². The maximum absolute atomic E-state index is 13.2. The van der Waals surface area contributed by atoms with Crippen LogP contribution in [-0.4, -0.2) is 17.9 Å². The summed E-state index contributed by atoms with van der Waals surface area (Å²) in [6.07, 6.45) is 4.31. The molecule has 1 aromatic carbocycles. The van der Waals surface area contributed by atoms with E-state index in [0.717, 1.165) is 31.2 Å². The van der Waals surface area contributed by atoms with E-state index in [2.05, 4.69) is 0 Å². The van der Waals surface area contributed by atoms with Gasteiger partial charge in [0.15, 0.2) is 0 Å². The Labute approximate surface area is 94.1 Å². The number of hydrogen-bond acceptors (Lipinski definition) is 1. The highest BCUT2D eigenvalue weighted by atomic mass is 19.1. The highest BCUT2D eigenvalue weighted by Gasteiger charge is 2.49. The summed E-state index contributed by atoms with van der Waals surface area (Å²) in [5.41, 5.74) is 1.45. The van der Waals surface area contributed by atoms with E-state index < -0.39 is 0 Å². The van der Waals surface area contributed by atoms with E-state index in [1.54, 1.807) is 6.07 Å². The van der Waals surface area contributed by atoms with Crippen molar-refractivity contribution in [3.63, 3.8) is 0 Å². The number of carbonyl (C=O) groups is 1. The van der Waals surface area contributed by atoms with Gasteiger partial charge in [0.05, 0.1) is 5.54 Å². The van der Waals surface area contributed by atoms with Gasteiger partial charge in [-0.15, -0.1) is 0 Å². The van der Waals surface area contributed by atoms with Crippen LogP contribution in [0.3, 0.4) is 0 Å². The van der Waals surface area contributed by atoms with Crippen LogP contribution in [0.2, 0.25) is 0 Å². The molecule has 0 radical (unpaired) electrons. The van der Waals surface area contributed by atoms with Crippen molar-refractivity contribution in [1.82, 2.24) is 4.90 Å². The summed E-state index contributed by atoms with van der Waals surface area (Å²) in [6, 6.07) is 4.63. The molecule has 1 fully saturated rings. The fourth-order valence-corrected chi connectivity index (χ4v) is 3.22. The Bertz CT molecular complexity index is 463. The highest BCUT2D eigenvalue weighted by molar-refractivity contribution is 5.99. The molecule has 0 unspecified atom stereocenters. The summed E-state index contributed by atoms with van der Waals surface area (Å²) in [6.45, 7) is 0. The predicted octanol–water partition coefficient (Wildman–Crippen LogP) is 2.68. The van der Waals surface area contributed by atoms with Crippen LogP contribution < -0.4 is 0 Å². The minimum Gasteiger partial charge on any atom is -0.332 e. The third-order valence-corrected chi connectivity index (χ3v) is 4.09. The van der Waals surface area contributed by atoms with E-state index in [1.165, 1.54) is 12.1 Å². The van der Waals surface area contributed by atoms with Crippen LogP contribution in [0.1, 0.15) is 41.6 Å². The van der Waals surface area contributed by atoms with E-state index in [-0.39, 0.29) is 17.3 Å². The largest absolute Gasteiger partial charge is 0.332 e. The van der Waals surface area contributed by atoms with Crippen LogP contribution >= 0.6 is 0 Å². The molecule has 3 heteroatoms. The Balaban J connectivity index is 2.22. The Morgan fingerprint density at radius 3 is 2.69 bits per heavy atom. The smallest absolute Gasteiger partial charge is 0.254 e. The molecule has 84 valence electrons. The van der Waals surface area contributed by atoms with Crippen molar-refractivity contribution in [2.24, 2.45) is 0 Å². The Hall–Kier alpha value is -1.38. The van der Waals surface area contributed by atoms with Crippen molar-refractivity contribution in [2.75, 3.05) is 7.05 Å². The fraction of sp³-hybridized carbons (Fsp3) is 0.462. The van der Waals surface area contributed by atoms with Gasteiger partial charge in [-0.05, 0) is 30.5 Å². The lowest BCUT2D eigenvalue weighted by Crippen LogP contribution is -2.38. The molecule has 1 saturated carbocycles. The van der Waals surface area contributed by atoms with Crippen molar-refractivity contribution in [1.29, 1.82) is 0 Å². The number of benzene rings is 1. The Kier molecular flexibility index (Phi) is 1.88. The lowest BCUT2D eigenvalue weighted by atomic mass is 9.88. The predicted molar refractivity (Wildman–Crippen MR) is 58.6 cm³/mol. The molecular formula is C13H14FNO. The second-order valence-electron chi connectivity index (χ2n) is 4.79. The fourth-order valence-electron chi connectivity index (χ4n) is 3.22. The zero-order valence-electron chi connectivity index (χ0n) is 9.29. The zero-order valence-corrected chi connectivity index (χ0v) is 9.29. The van der Waals surface area contributed by atoms with Crippen molar-refractivity contribution < 1.29 is 9.18 Å². The first kappa shape index (κ1) is 9.82. The molecule has 1 heterocycles. The number of amides is 1. The molecule has 1 amide bonds. The van der Waals surface area contributed by atoms with Gasteiger partial charge in [-0.2, -0.15) is 0 Å². The monoisotopic (exact) mass is 219 g/mol. The summed E-state index contributed by atoms with van der Waals surface area (Å²) >= 11 is 0. The third-order valence-electron chi connectivity index (χ3n) is 4.09. The summed E-state index contributed by atoms with van der Waals surface area (Å²) in [5, 5.41) is 0. The van der Waals surface area contributed by atoms with Gasteiger partial charge >= 0.3 is 0 Å². The molecule has 0 N–H and O–H groups in total. The number of fused-ring (bicyclic) bond motifs is 2.